The van der Waals surface area contributed by atoms with Gasteiger partial charge in [-0.1, -0.05) is 12.1 Å². The third-order valence-corrected chi connectivity index (χ3v) is 3.81. The molecule has 3 rings (SSSR count). The molecule has 0 saturated carbocycles. The van der Waals surface area contributed by atoms with Crippen molar-refractivity contribution in [2.45, 2.75) is 13.8 Å². The van der Waals surface area contributed by atoms with Crippen LogP contribution < -0.4 is 14.8 Å². The molecule has 0 radical (unpaired) electrons. The molecule has 0 spiro atoms. The molecule has 2 aromatic carbocycles. The first-order valence-corrected chi connectivity index (χ1v) is 7.52. The molecule has 0 aliphatic heterocycles. The molecule has 0 fully saturated rings. The highest BCUT2D eigenvalue weighted by molar-refractivity contribution is 5.91. The van der Waals surface area contributed by atoms with Crippen LogP contribution in [0.4, 0.5) is 5.69 Å². The highest BCUT2D eigenvalue weighted by atomic mass is 16.5. The Balaban J connectivity index is 2.08. The molecule has 24 heavy (non-hydrogen) atoms. The number of amides is 1. The maximum absolute atomic E-state index is 11.3. The van der Waals surface area contributed by atoms with Crippen molar-refractivity contribution in [3.63, 3.8) is 0 Å². The minimum atomic E-state index is -0.102. The number of fused-ring (bicyclic) bond motifs is 1. The van der Waals surface area contributed by atoms with E-state index < -0.39 is 0 Å². The molecule has 0 aliphatic rings. The molecule has 6 nitrogen and oxygen atoms in total. The van der Waals surface area contributed by atoms with Crippen molar-refractivity contribution in [3.8, 4) is 22.9 Å². The summed E-state index contributed by atoms with van der Waals surface area (Å²) in [5, 5.41) is 2.83. The molecule has 6 heteroatoms. The minimum Gasteiger partial charge on any atom is -0.493 e. The van der Waals surface area contributed by atoms with Gasteiger partial charge in [-0.15, -0.1) is 0 Å². The van der Waals surface area contributed by atoms with Crippen LogP contribution >= 0.6 is 0 Å². The molecular weight excluding hydrogens is 306 g/mol. The van der Waals surface area contributed by atoms with E-state index in [1.807, 2.05) is 37.3 Å². The number of nitrogens with one attached hydrogen (secondary N) is 2. The Morgan fingerprint density at radius 1 is 1.12 bits per heavy atom. The number of methoxy groups -OCH3 is 2. The van der Waals surface area contributed by atoms with Crippen molar-refractivity contribution >= 4 is 22.6 Å². The monoisotopic (exact) mass is 325 g/mol. The summed E-state index contributed by atoms with van der Waals surface area (Å²) in [5.41, 5.74) is 4.29. The van der Waals surface area contributed by atoms with Crippen molar-refractivity contribution in [2.75, 3.05) is 19.5 Å². The van der Waals surface area contributed by atoms with Crippen molar-refractivity contribution in [2.24, 2.45) is 0 Å². The Bertz CT molecular complexity index is 874. The fraction of sp³-hybridized carbons (Fsp3) is 0.222. The van der Waals surface area contributed by atoms with Crippen molar-refractivity contribution in [1.82, 2.24) is 9.97 Å². The zero-order chi connectivity index (χ0) is 17.3. The number of benzene rings is 2. The Morgan fingerprint density at radius 3 is 2.50 bits per heavy atom. The van der Waals surface area contributed by atoms with Gasteiger partial charge in [0.15, 0.2) is 11.5 Å². The number of aromatic nitrogens is 2. The summed E-state index contributed by atoms with van der Waals surface area (Å²) in [6.45, 7) is 3.44. The van der Waals surface area contributed by atoms with Crippen LogP contribution in [0.5, 0.6) is 11.5 Å². The quantitative estimate of drug-likeness (QED) is 0.769. The molecule has 1 heterocycles. The number of hydrogen-bond donors (Lipinski definition) is 2. The summed E-state index contributed by atoms with van der Waals surface area (Å²) >= 11 is 0. The van der Waals surface area contributed by atoms with Crippen LogP contribution in [0.25, 0.3) is 22.4 Å². The first-order valence-electron chi connectivity index (χ1n) is 7.52. The van der Waals surface area contributed by atoms with Crippen LogP contribution in [0.15, 0.2) is 30.3 Å². The zero-order valence-electron chi connectivity index (χ0n) is 14.1. The molecule has 1 amide bonds. The number of aromatic amines is 1. The molecular formula is C18H19N3O3. The second-order valence-electron chi connectivity index (χ2n) is 5.52. The molecule has 124 valence electrons. The topological polar surface area (TPSA) is 76.2 Å². The van der Waals surface area contributed by atoms with Gasteiger partial charge in [-0.05, 0) is 18.6 Å². The van der Waals surface area contributed by atoms with Crippen LogP contribution in [0.1, 0.15) is 12.5 Å². The number of anilines is 1. The van der Waals surface area contributed by atoms with E-state index >= 15 is 0 Å². The van der Waals surface area contributed by atoms with Gasteiger partial charge in [0.05, 0.1) is 25.3 Å². The number of nitrogens with zero attached hydrogens (tertiary/aromatic N) is 1. The summed E-state index contributed by atoms with van der Waals surface area (Å²) in [7, 11) is 3.19. The lowest BCUT2D eigenvalue weighted by molar-refractivity contribution is -0.114. The standard InChI is InChI=1S/C18H19N3O3/c1-10-5-6-12(7-13(10)19-11(2)22)18-20-14-8-16(23-3)17(24-4)9-15(14)21-18/h5-9H,1-4H3,(H,19,22)(H,20,21). The lowest BCUT2D eigenvalue weighted by Gasteiger charge is -2.07. The number of H-pyrrole nitrogens is 1. The Morgan fingerprint density at radius 2 is 1.83 bits per heavy atom. The minimum absolute atomic E-state index is 0.102. The number of carbonyl (C=O) groups excluding carboxylic acids is 1. The summed E-state index contributed by atoms with van der Waals surface area (Å²) in [5.74, 6) is 1.88. The fourth-order valence-electron chi connectivity index (χ4n) is 2.57. The van der Waals surface area contributed by atoms with Crippen molar-refractivity contribution in [3.05, 3.63) is 35.9 Å². The van der Waals surface area contributed by atoms with Gasteiger partial charge in [0.25, 0.3) is 0 Å². The molecule has 1 aromatic heterocycles. The number of ether oxygens (including phenoxy) is 2. The molecule has 0 aliphatic carbocycles. The lowest BCUT2D eigenvalue weighted by atomic mass is 10.1. The lowest BCUT2D eigenvalue weighted by Crippen LogP contribution is -2.07. The zero-order valence-corrected chi connectivity index (χ0v) is 14.1. The number of carbonyl (C=O) groups is 1. The maximum atomic E-state index is 11.3. The van der Waals surface area contributed by atoms with Crippen LogP contribution in [0.2, 0.25) is 0 Å². The fourth-order valence-corrected chi connectivity index (χ4v) is 2.57. The van der Waals surface area contributed by atoms with E-state index in [4.69, 9.17) is 9.47 Å². The van der Waals surface area contributed by atoms with Gasteiger partial charge in [0, 0.05) is 30.3 Å². The molecule has 0 unspecified atom stereocenters. The van der Waals surface area contributed by atoms with Crippen molar-refractivity contribution in [1.29, 1.82) is 0 Å². The highest BCUT2D eigenvalue weighted by Crippen LogP contribution is 2.33. The van der Waals surface area contributed by atoms with E-state index in [0.717, 1.165) is 27.8 Å². The predicted octanol–water partition coefficient (Wildman–Crippen LogP) is 3.51. The Kier molecular flexibility index (Phi) is 4.12. The number of hydrogen-bond acceptors (Lipinski definition) is 4. The normalized spacial score (nSPS) is 10.7. The average Bonchev–Trinajstić information content (AvgIpc) is 2.97. The van der Waals surface area contributed by atoms with Crippen molar-refractivity contribution < 1.29 is 14.3 Å². The van der Waals surface area contributed by atoms with Gasteiger partial charge in [0.1, 0.15) is 5.82 Å². The van der Waals surface area contributed by atoms with Gasteiger partial charge < -0.3 is 19.8 Å². The van der Waals surface area contributed by atoms with Gasteiger partial charge in [-0.2, -0.15) is 0 Å². The predicted molar refractivity (Wildman–Crippen MR) is 93.7 cm³/mol. The van der Waals surface area contributed by atoms with Crippen LogP contribution in [0, 0.1) is 6.92 Å². The summed E-state index contributed by atoms with van der Waals surface area (Å²) in [6.07, 6.45) is 0. The van der Waals surface area contributed by atoms with Crippen LogP contribution in [0.3, 0.4) is 0 Å². The van der Waals surface area contributed by atoms with Crippen LogP contribution in [-0.4, -0.2) is 30.1 Å². The van der Waals surface area contributed by atoms with E-state index in [1.54, 1.807) is 14.2 Å². The Labute approximate surface area is 139 Å². The largest absolute Gasteiger partial charge is 0.493 e. The first-order chi connectivity index (χ1) is 11.5. The van der Waals surface area contributed by atoms with E-state index in [1.165, 1.54) is 6.92 Å². The smallest absolute Gasteiger partial charge is 0.221 e. The number of aryl methyl sites for hydroxylation is 1. The molecule has 2 N–H and O–H groups in total. The molecule has 0 atom stereocenters. The number of rotatable bonds is 4. The maximum Gasteiger partial charge on any atom is 0.221 e. The SMILES string of the molecule is COc1cc2nc(-c3ccc(C)c(NC(C)=O)c3)[nH]c2cc1OC. The highest BCUT2D eigenvalue weighted by Gasteiger charge is 2.12. The second kappa shape index (κ2) is 6.23. The average molecular weight is 325 g/mol. The van der Waals surface area contributed by atoms with E-state index in [-0.39, 0.29) is 5.91 Å². The van der Waals surface area contributed by atoms with E-state index in [9.17, 15) is 4.79 Å². The van der Waals surface area contributed by atoms with Crippen LogP contribution in [-0.2, 0) is 4.79 Å². The first kappa shape index (κ1) is 15.9. The third-order valence-electron chi connectivity index (χ3n) is 3.81. The van der Waals surface area contributed by atoms with Gasteiger partial charge in [-0.3, -0.25) is 4.79 Å². The summed E-state index contributed by atoms with van der Waals surface area (Å²) in [6, 6.07) is 9.51. The summed E-state index contributed by atoms with van der Waals surface area (Å²) < 4.78 is 10.6. The van der Waals surface area contributed by atoms with E-state index in [2.05, 4.69) is 15.3 Å². The Hall–Kier alpha value is -3.02. The second-order valence-corrected chi connectivity index (χ2v) is 5.52. The summed E-state index contributed by atoms with van der Waals surface area (Å²) in [4.78, 5) is 19.2. The van der Waals surface area contributed by atoms with Gasteiger partial charge in [0.2, 0.25) is 5.91 Å². The number of imidazole rings is 1. The molecule has 3 aromatic rings. The van der Waals surface area contributed by atoms with E-state index in [0.29, 0.717) is 17.3 Å². The third kappa shape index (κ3) is 2.90. The molecule has 0 saturated heterocycles. The molecule has 0 bridgehead atoms. The van der Waals surface area contributed by atoms with Gasteiger partial charge in [-0.25, -0.2) is 4.98 Å². The van der Waals surface area contributed by atoms with Gasteiger partial charge >= 0.3 is 0 Å².